The minimum Gasteiger partial charge on any atom is -0.245 e. The third-order valence-electron chi connectivity index (χ3n) is 9.17. The molecule has 4 nitrogen and oxygen atoms in total. The van der Waals surface area contributed by atoms with Crippen LogP contribution in [0.5, 0.6) is 0 Å². The minimum absolute atomic E-state index is 0.532. The molecule has 242 valence electrons. The topological polar surface area (TPSA) is 51.6 Å². The molecule has 0 N–H and O–H groups in total. The van der Waals surface area contributed by atoms with Gasteiger partial charge < -0.3 is 0 Å². The lowest BCUT2D eigenvalue weighted by molar-refractivity contribution is 1.07. The Morgan fingerprint density at radius 2 is 1.35 bits per heavy atom. The molecule has 0 fully saturated rings. The lowest BCUT2D eigenvalue weighted by Gasteiger charge is -2.15. The van der Waals surface area contributed by atoms with Crippen LogP contribution in [-0.2, 0) is 0 Å². The summed E-state index contributed by atoms with van der Waals surface area (Å²) in [6.45, 7) is 6.24. The van der Waals surface area contributed by atoms with Crippen LogP contribution in [0.15, 0.2) is 134 Å². The molecular formula is C47H28N4S. The number of fused-ring (bicyclic) bond motifs is 4. The van der Waals surface area contributed by atoms with E-state index in [1.165, 1.54) is 0 Å². The fourth-order valence-electron chi connectivity index (χ4n) is 6.74. The van der Waals surface area contributed by atoms with Crippen LogP contribution in [0.3, 0.4) is 0 Å². The molecule has 0 saturated carbocycles. The maximum atomic E-state index is 5.15. The Bertz CT molecular complexity index is 2760. The highest BCUT2D eigenvalue weighted by Gasteiger charge is 2.20. The maximum absolute atomic E-state index is 5.15. The lowest BCUT2D eigenvalue weighted by atomic mass is 9.89. The standard InChI is InChI=1S/C47H28N4S/c1-3-15-38-35(4-2)36-21-12-11-20-32(36)26-40(38)33-24-25-37(34-28-42-39-22-13-14-23-43(39)52-47(42)48-29-34)41(27-33)46-50-44(30-16-7-5-8-17-30)49-45(51-46)31-18-9-6-10-19-31/h3-13,15-22,26-29H,2H2,1H3/b15-3-. The summed E-state index contributed by atoms with van der Waals surface area (Å²) in [6, 6.07) is 52.4. The van der Waals surface area contributed by atoms with Gasteiger partial charge in [0, 0.05) is 50.4 Å². The Hall–Kier alpha value is -6.92. The number of allylic oxidation sites excluding steroid dienone is 1. The first-order valence-electron chi connectivity index (χ1n) is 17.0. The Labute approximate surface area is 306 Å². The molecule has 3 aromatic heterocycles. The first-order valence-corrected chi connectivity index (χ1v) is 17.8. The average molecular weight is 681 g/mol. The SMILES string of the molecule is C=Cc1c(/C=C\C)c(-c2c#cc(-c3cnc4sc5c#cccc5c4c3)c(-c3nc(-c4ccccc4)nc(-c4ccccc4)n3)c2)cc2ccccc12. The van der Waals surface area contributed by atoms with Gasteiger partial charge in [-0.25, -0.2) is 19.9 Å². The minimum atomic E-state index is 0.532. The molecule has 3 heterocycles. The number of rotatable bonds is 7. The molecule has 0 spiro atoms. The van der Waals surface area contributed by atoms with E-state index in [4.69, 9.17) is 19.9 Å². The van der Waals surface area contributed by atoms with Crippen LogP contribution in [-0.4, -0.2) is 19.9 Å². The lowest BCUT2D eigenvalue weighted by Crippen LogP contribution is -2.01. The number of thiophene rings is 1. The highest BCUT2D eigenvalue weighted by molar-refractivity contribution is 7.25. The molecule has 6 aromatic carbocycles. The normalized spacial score (nSPS) is 11.2. The second kappa shape index (κ2) is 13.1. The number of pyridine rings is 1. The molecule has 0 radical (unpaired) electrons. The fraction of sp³-hybridized carbons (Fsp3) is 0.0213. The predicted octanol–water partition coefficient (Wildman–Crippen LogP) is 12.0. The molecule has 0 unspecified atom stereocenters. The van der Waals surface area contributed by atoms with E-state index >= 15 is 0 Å². The van der Waals surface area contributed by atoms with Crippen molar-refractivity contribution in [1.82, 2.24) is 19.9 Å². The van der Waals surface area contributed by atoms with Gasteiger partial charge in [-0.05, 0) is 64.7 Å². The molecule has 0 atom stereocenters. The van der Waals surface area contributed by atoms with E-state index < -0.39 is 0 Å². The summed E-state index contributed by atoms with van der Waals surface area (Å²) in [5, 5.41) is 4.41. The van der Waals surface area contributed by atoms with Crippen LogP contribution in [0.2, 0.25) is 0 Å². The van der Waals surface area contributed by atoms with Crippen LogP contribution >= 0.6 is 11.3 Å². The first-order chi connectivity index (χ1) is 25.7. The van der Waals surface area contributed by atoms with Crippen molar-refractivity contribution >= 4 is 54.6 Å². The second-order valence-corrected chi connectivity index (χ2v) is 13.3. The van der Waals surface area contributed by atoms with Gasteiger partial charge in [0.1, 0.15) is 4.83 Å². The zero-order valence-electron chi connectivity index (χ0n) is 28.2. The van der Waals surface area contributed by atoms with E-state index in [0.717, 1.165) is 81.1 Å². The number of hydrogen-bond acceptors (Lipinski definition) is 5. The molecule has 0 saturated heterocycles. The van der Waals surface area contributed by atoms with Crippen molar-refractivity contribution in [2.45, 2.75) is 6.92 Å². The molecule has 0 amide bonds. The highest BCUT2D eigenvalue weighted by atomic mass is 32.1. The molecule has 52 heavy (non-hydrogen) atoms. The van der Waals surface area contributed by atoms with Gasteiger partial charge in [-0.15, -0.1) is 11.3 Å². The Balaban J connectivity index is 1.34. The van der Waals surface area contributed by atoms with Crippen molar-refractivity contribution in [2.24, 2.45) is 0 Å². The summed E-state index contributed by atoms with van der Waals surface area (Å²) in [6.07, 6.45) is 8.04. The van der Waals surface area contributed by atoms with Gasteiger partial charge >= 0.3 is 0 Å². The van der Waals surface area contributed by atoms with Crippen LogP contribution in [0.1, 0.15) is 18.1 Å². The van der Waals surface area contributed by atoms with Crippen molar-refractivity contribution in [3.63, 3.8) is 0 Å². The van der Waals surface area contributed by atoms with Crippen molar-refractivity contribution < 1.29 is 0 Å². The van der Waals surface area contributed by atoms with Gasteiger partial charge in [0.05, 0.1) is 4.70 Å². The molecule has 5 heteroatoms. The summed E-state index contributed by atoms with van der Waals surface area (Å²) in [7, 11) is 0. The largest absolute Gasteiger partial charge is 0.245 e. The summed E-state index contributed by atoms with van der Waals surface area (Å²) in [5.41, 5.74) is 8.29. The number of aromatic nitrogens is 4. The zero-order chi connectivity index (χ0) is 35.0. The average Bonchev–Trinajstić information content (AvgIpc) is 3.59. The third kappa shape index (κ3) is 5.47. The zero-order valence-corrected chi connectivity index (χ0v) is 29.0. The van der Waals surface area contributed by atoms with Crippen LogP contribution in [0, 0.1) is 24.3 Å². The van der Waals surface area contributed by atoms with E-state index in [2.05, 4.69) is 91.5 Å². The van der Waals surface area contributed by atoms with Gasteiger partial charge in [0.2, 0.25) is 0 Å². The predicted molar refractivity (Wildman–Crippen MR) is 215 cm³/mol. The van der Waals surface area contributed by atoms with Crippen LogP contribution in [0.4, 0.5) is 0 Å². The molecule has 0 aliphatic rings. The Morgan fingerprint density at radius 1 is 0.635 bits per heavy atom. The van der Waals surface area contributed by atoms with E-state index in [9.17, 15) is 0 Å². The summed E-state index contributed by atoms with van der Waals surface area (Å²) >= 11 is 1.61. The Morgan fingerprint density at radius 3 is 2.08 bits per heavy atom. The monoisotopic (exact) mass is 680 g/mol. The van der Waals surface area contributed by atoms with Crippen molar-refractivity contribution in [3.05, 3.63) is 170 Å². The Kier molecular flexibility index (Phi) is 7.82. The number of benzene rings is 4. The summed E-state index contributed by atoms with van der Waals surface area (Å²) in [4.78, 5) is 21.1. The van der Waals surface area contributed by atoms with E-state index in [1.807, 2.05) is 85.9 Å². The maximum Gasteiger partial charge on any atom is 0.165 e. The second-order valence-electron chi connectivity index (χ2n) is 12.3. The van der Waals surface area contributed by atoms with E-state index in [-0.39, 0.29) is 0 Å². The van der Waals surface area contributed by atoms with Crippen LogP contribution in [0.25, 0.3) is 99.6 Å². The van der Waals surface area contributed by atoms with Crippen LogP contribution < -0.4 is 0 Å². The van der Waals surface area contributed by atoms with Gasteiger partial charge in [-0.3, -0.25) is 0 Å². The fourth-order valence-corrected chi connectivity index (χ4v) is 7.71. The third-order valence-corrected chi connectivity index (χ3v) is 10.2. The molecule has 0 aliphatic carbocycles. The molecule has 9 aromatic rings. The van der Waals surface area contributed by atoms with Gasteiger partial charge in [-0.2, -0.15) is 0 Å². The molecular weight excluding hydrogens is 653 g/mol. The van der Waals surface area contributed by atoms with Crippen molar-refractivity contribution in [1.29, 1.82) is 0 Å². The van der Waals surface area contributed by atoms with Crippen molar-refractivity contribution in [2.75, 3.05) is 0 Å². The molecule has 0 aliphatic heterocycles. The molecule has 0 bridgehead atoms. The molecule has 9 rings (SSSR count). The van der Waals surface area contributed by atoms with E-state index in [1.54, 1.807) is 11.3 Å². The van der Waals surface area contributed by atoms with E-state index in [0.29, 0.717) is 17.5 Å². The van der Waals surface area contributed by atoms with Gasteiger partial charge in [0.15, 0.2) is 17.5 Å². The number of hydrogen-bond donors (Lipinski definition) is 0. The summed E-state index contributed by atoms with van der Waals surface area (Å²) in [5.74, 6) is 1.70. The van der Waals surface area contributed by atoms with Crippen molar-refractivity contribution in [3.8, 4) is 56.4 Å². The smallest absolute Gasteiger partial charge is 0.165 e. The summed E-state index contributed by atoms with van der Waals surface area (Å²) < 4.78 is 1.02. The first kappa shape index (κ1) is 31.1. The van der Waals surface area contributed by atoms with Gasteiger partial charge in [0.25, 0.3) is 0 Å². The highest BCUT2D eigenvalue weighted by Crippen LogP contribution is 2.40. The number of nitrogens with zero attached hydrogens (tertiary/aromatic N) is 4. The quantitative estimate of drug-likeness (QED) is 0.168. The van der Waals surface area contributed by atoms with Gasteiger partial charge in [-0.1, -0.05) is 134 Å².